The molecular weight excluding hydrogens is 638 g/mol. The molecule has 274 valence electrons. The van der Waals surface area contributed by atoms with Crippen molar-refractivity contribution in [3.63, 3.8) is 0 Å². The lowest BCUT2D eigenvalue weighted by atomic mass is 10.00. The van der Waals surface area contributed by atoms with Crippen molar-refractivity contribution in [3.8, 4) is 0 Å². The van der Waals surface area contributed by atoms with E-state index in [4.69, 9.17) is 29.4 Å². The molecule has 0 aliphatic carbocycles. The van der Waals surface area contributed by atoms with Crippen LogP contribution in [0.2, 0.25) is 0 Å². The van der Waals surface area contributed by atoms with Crippen LogP contribution in [0.1, 0.15) is 83.5 Å². The average molecular weight is 694 g/mol. The number of carbonyl (C=O) groups is 2. The molecule has 0 aliphatic heterocycles. The summed E-state index contributed by atoms with van der Waals surface area (Å²) in [6.45, 7) is 11.0. The van der Waals surface area contributed by atoms with Gasteiger partial charge in [0, 0.05) is 38.5 Å². The van der Waals surface area contributed by atoms with E-state index in [0.29, 0.717) is 58.4 Å². The molecule has 0 saturated heterocycles. The lowest BCUT2D eigenvalue weighted by Gasteiger charge is -2.32. The molecule has 0 bridgehead atoms. The van der Waals surface area contributed by atoms with E-state index < -0.39 is 11.9 Å². The topological polar surface area (TPSA) is 139 Å². The number of aromatic nitrogens is 2. The van der Waals surface area contributed by atoms with Crippen LogP contribution in [0.25, 0.3) is 0 Å². The summed E-state index contributed by atoms with van der Waals surface area (Å²) in [5, 5.41) is 0. The number of benzene rings is 1. The number of rotatable bonds is 25. The Morgan fingerprint density at radius 1 is 0.680 bits per heavy atom. The van der Waals surface area contributed by atoms with Gasteiger partial charge in [-0.3, -0.25) is 9.80 Å². The number of nitrogens with zero attached hydrogens (tertiary/aromatic N) is 4. The number of carbonyl (C=O) groups excluding carboxylic acids is 2. The summed E-state index contributed by atoms with van der Waals surface area (Å²) in [4.78, 5) is 37.9. The quantitative estimate of drug-likeness (QED) is 0.0711. The lowest BCUT2D eigenvalue weighted by molar-refractivity contribution is 0.0237. The molecule has 1 unspecified atom stereocenters. The van der Waals surface area contributed by atoms with Gasteiger partial charge in [-0.15, -0.1) is 0 Å². The maximum atomic E-state index is 12.3. The van der Waals surface area contributed by atoms with Crippen molar-refractivity contribution in [1.82, 2.24) is 19.8 Å². The van der Waals surface area contributed by atoms with Gasteiger partial charge >= 0.3 is 11.9 Å². The number of unbranched alkanes of at least 4 members (excludes halogenated alkanes) is 2. The molecule has 0 saturated carbocycles. The highest BCUT2D eigenvalue weighted by molar-refractivity contribution is 5.87. The molecule has 2 heterocycles. The zero-order valence-corrected chi connectivity index (χ0v) is 30.2. The van der Waals surface area contributed by atoms with Crippen LogP contribution in [-0.4, -0.2) is 112 Å². The maximum Gasteiger partial charge on any atom is 0.356 e. The largest absolute Gasteiger partial charge is 0.464 e. The molecular formula is C38H55N5O7. The molecule has 1 aromatic carbocycles. The summed E-state index contributed by atoms with van der Waals surface area (Å²) >= 11 is 0. The Bertz CT molecular complexity index is 1410. The van der Waals surface area contributed by atoms with Crippen LogP contribution < -0.4 is 5.73 Å². The third-order valence-corrected chi connectivity index (χ3v) is 8.05. The number of esters is 2. The first-order valence-electron chi connectivity index (χ1n) is 17.5. The second-order valence-corrected chi connectivity index (χ2v) is 11.9. The SMILES string of the molecule is CCCCCOCCN(CCOCCOCCN(CCC)C(c1ccc(N)cc1)c1cccc(C(=O)OC)n1)Cc1cccc(C(=O)OC)n1. The van der Waals surface area contributed by atoms with Gasteiger partial charge in [-0.05, 0) is 61.3 Å². The van der Waals surface area contributed by atoms with Crippen molar-refractivity contribution in [2.24, 2.45) is 0 Å². The summed E-state index contributed by atoms with van der Waals surface area (Å²) in [6.07, 6.45) is 4.30. The number of nitrogen functional groups attached to an aromatic ring is 1. The van der Waals surface area contributed by atoms with E-state index in [-0.39, 0.29) is 17.4 Å². The summed E-state index contributed by atoms with van der Waals surface area (Å²) in [5.41, 5.74) is 9.78. The van der Waals surface area contributed by atoms with Gasteiger partial charge < -0.3 is 29.4 Å². The zero-order chi connectivity index (χ0) is 36.0. The highest BCUT2D eigenvalue weighted by Crippen LogP contribution is 2.28. The van der Waals surface area contributed by atoms with E-state index in [9.17, 15) is 9.59 Å². The molecule has 0 spiro atoms. The Hall–Kier alpha value is -3.94. The van der Waals surface area contributed by atoms with Crippen LogP contribution in [0.4, 0.5) is 5.69 Å². The Morgan fingerprint density at radius 3 is 1.90 bits per heavy atom. The first-order chi connectivity index (χ1) is 24.4. The van der Waals surface area contributed by atoms with Gasteiger partial charge in [0.2, 0.25) is 0 Å². The molecule has 3 aromatic rings. The molecule has 0 radical (unpaired) electrons. The highest BCUT2D eigenvalue weighted by atomic mass is 16.5. The summed E-state index contributed by atoms with van der Waals surface area (Å²) in [5.74, 6) is -0.930. The minimum Gasteiger partial charge on any atom is -0.464 e. The molecule has 12 heteroatoms. The van der Waals surface area contributed by atoms with Crippen molar-refractivity contribution in [3.05, 3.63) is 89.0 Å². The Kier molecular flexibility index (Phi) is 19.0. The van der Waals surface area contributed by atoms with Gasteiger partial charge in [0.1, 0.15) is 11.4 Å². The normalized spacial score (nSPS) is 12.0. The number of methoxy groups -OCH3 is 2. The molecule has 2 aromatic heterocycles. The molecule has 0 fully saturated rings. The first-order valence-corrected chi connectivity index (χ1v) is 17.5. The fourth-order valence-electron chi connectivity index (χ4n) is 5.46. The van der Waals surface area contributed by atoms with Gasteiger partial charge in [-0.2, -0.15) is 0 Å². The Balaban J connectivity index is 1.52. The number of hydrogen-bond donors (Lipinski definition) is 1. The van der Waals surface area contributed by atoms with Crippen molar-refractivity contribution < 1.29 is 33.3 Å². The van der Waals surface area contributed by atoms with Gasteiger partial charge in [-0.1, -0.05) is 51.0 Å². The van der Waals surface area contributed by atoms with Crippen molar-refractivity contribution in [2.45, 2.75) is 52.1 Å². The van der Waals surface area contributed by atoms with Crippen LogP contribution in [-0.2, 0) is 30.2 Å². The number of hydrogen-bond acceptors (Lipinski definition) is 12. The molecule has 0 aliphatic rings. The maximum absolute atomic E-state index is 12.3. The van der Waals surface area contributed by atoms with Gasteiger partial charge in [0.15, 0.2) is 0 Å². The summed E-state index contributed by atoms with van der Waals surface area (Å²) in [6, 6.07) is 18.3. The molecule has 3 rings (SSSR count). The van der Waals surface area contributed by atoms with E-state index in [0.717, 1.165) is 62.3 Å². The molecule has 12 nitrogen and oxygen atoms in total. The second kappa shape index (κ2) is 23.5. The van der Waals surface area contributed by atoms with Crippen LogP contribution in [0.3, 0.4) is 0 Å². The highest BCUT2D eigenvalue weighted by Gasteiger charge is 2.24. The average Bonchev–Trinajstić information content (AvgIpc) is 3.14. The summed E-state index contributed by atoms with van der Waals surface area (Å²) in [7, 11) is 2.70. The third kappa shape index (κ3) is 14.1. The molecule has 2 N–H and O–H groups in total. The number of nitrogens with two attached hydrogens (primary N) is 1. The number of anilines is 1. The fourth-order valence-corrected chi connectivity index (χ4v) is 5.46. The van der Waals surface area contributed by atoms with E-state index >= 15 is 0 Å². The molecule has 0 amide bonds. The Labute approximate surface area is 297 Å². The smallest absolute Gasteiger partial charge is 0.356 e. The lowest BCUT2D eigenvalue weighted by Crippen LogP contribution is -2.34. The van der Waals surface area contributed by atoms with E-state index in [2.05, 4.69) is 33.6 Å². The number of pyridine rings is 2. The van der Waals surface area contributed by atoms with Crippen LogP contribution in [0, 0.1) is 0 Å². The molecule has 50 heavy (non-hydrogen) atoms. The monoisotopic (exact) mass is 693 g/mol. The predicted molar refractivity (Wildman–Crippen MR) is 193 cm³/mol. The van der Waals surface area contributed by atoms with Crippen LogP contribution >= 0.6 is 0 Å². The van der Waals surface area contributed by atoms with E-state index in [1.807, 2.05) is 48.5 Å². The van der Waals surface area contributed by atoms with E-state index in [1.54, 1.807) is 12.1 Å². The third-order valence-electron chi connectivity index (χ3n) is 8.05. The van der Waals surface area contributed by atoms with Crippen LogP contribution in [0.5, 0.6) is 0 Å². The van der Waals surface area contributed by atoms with Crippen molar-refractivity contribution in [1.29, 1.82) is 0 Å². The zero-order valence-electron chi connectivity index (χ0n) is 30.2. The van der Waals surface area contributed by atoms with Gasteiger partial charge in [0.25, 0.3) is 0 Å². The van der Waals surface area contributed by atoms with Crippen LogP contribution in [0.15, 0.2) is 60.7 Å². The minimum atomic E-state index is -0.475. The fraction of sp³-hybridized carbons (Fsp3) is 0.526. The summed E-state index contributed by atoms with van der Waals surface area (Å²) < 4.78 is 27.6. The Morgan fingerprint density at radius 2 is 1.28 bits per heavy atom. The van der Waals surface area contributed by atoms with Gasteiger partial charge in [-0.25, -0.2) is 19.6 Å². The first kappa shape index (κ1) is 40.5. The van der Waals surface area contributed by atoms with Gasteiger partial charge in [0.05, 0.1) is 64.7 Å². The molecule has 1 atom stereocenters. The standard InChI is InChI=1S/C38H55N5O7/c1-5-7-8-23-48-24-20-42(29-32-11-9-13-34(40-32)37(44)46-3)21-25-49-27-28-50-26-22-43(19-6-2)36(30-15-17-31(39)18-16-30)33-12-10-14-35(41-33)38(45)47-4/h9-18,36H,5-8,19-29,39H2,1-4H3. The van der Waals surface area contributed by atoms with E-state index in [1.165, 1.54) is 14.2 Å². The number of ether oxygens (including phenoxy) is 5. The minimum absolute atomic E-state index is 0.204. The van der Waals surface area contributed by atoms with Crippen molar-refractivity contribution in [2.75, 3.05) is 85.8 Å². The second-order valence-electron chi connectivity index (χ2n) is 11.9. The predicted octanol–water partition coefficient (Wildman–Crippen LogP) is 5.18. The van der Waals surface area contributed by atoms with Crippen molar-refractivity contribution >= 4 is 17.6 Å².